The second-order valence-electron chi connectivity index (χ2n) is 5.86. The smallest absolute Gasteiger partial charge is 0.0852 e. The molecule has 0 aromatic heterocycles. The van der Waals surface area contributed by atoms with Crippen molar-refractivity contribution in [3.05, 3.63) is 35.9 Å². The Bertz CT molecular complexity index is 444. The number of aliphatic hydroxyl groups excluding tert-OH is 1. The number of nitrogens with zero attached hydrogens (tertiary/aromatic N) is 1. The Labute approximate surface area is 115 Å². The van der Waals surface area contributed by atoms with Gasteiger partial charge in [-0.1, -0.05) is 44.2 Å². The Morgan fingerprint density at radius 3 is 2.47 bits per heavy atom. The number of benzene rings is 1. The standard InChI is InChI=1S/C16H22N2O/c1-12(2)15(10-19)18-14-8-16(9-14,11-17)13-6-4-3-5-7-13/h3-7,12,14-15,18-19H,8-10H2,1-2H3/t14?,15-,16?/m1/s1. The van der Waals surface area contributed by atoms with Gasteiger partial charge in [0.05, 0.1) is 18.1 Å². The SMILES string of the molecule is CC(C)[C@@H](CO)NC1CC(C#N)(c2ccccc2)C1. The van der Waals surface area contributed by atoms with E-state index in [2.05, 4.69) is 25.2 Å². The highest BCUT2D eigenvalue weighted by atomic mass is 16.3. The van der Waals surface area contributed by atoms with E-state index < -0.39 is 0 Å². The van der Waals surface area contributed by atoms with Gasteiger partial charge in [-0.3, -0.25) is 0 Å². The minimum absolute atomic E-state index is 0.123. The third kappa shape index (κ3) is 2.80. The van der Waals surface area contributed by atoms with Crippen molar-refractivity contribution in [3.8, 4) is 6.07 Å². The fourth-order valence-electron chi connectivity index (χ4n) is 2.81. The molecule has 3 nitrogen and oxygen atoms in total. The molecule has 1 atom stereocenters. The maximum atomic E-state index is 9.48. The molecule has 0 bridgehead atoms. The molecule has 1 aliphatic rings. The van der Waals surface area contributed by atoms with Gasteiger partial charge in [-0.15, -0.1) is 0 Å². The third-order valence-electron chi connectivity index (χ3n) is 4.18. The molecule has 1 aliphatic carbocycles. The van der Waals surface area contributed by atoms with Crippen LogP contribution in [0.5, 0.6) is 0 Å². The first-order valence-corrected chi connectivity index (χ1v) is 6.95. The Morgan fingerprint density at radius 1 is 1.37 bits per heavy atom. The fourth-order valence-corrected chi connectivity index (χ4v) is 2.81. The average molecular weight is 258 g/mol. The first-order chi connectivity index (χ1) is 9.11. The summed E-state index contributed by atoms with van der Waals surface area (Å²) in [4.78, 5) is 0. The van der Waals surface area contributed by atoms with Crippen LogP contribution in [0.2, 0.25) is 0 Å². The van der Waals surface area contributed by atoms with Crippen LogP contribution >= 0.6 is 0 Å². The lowest BCUT2D eigenvalue weighted by Crippen LogP contribution is -2.55. The zero-order chi connectivity index (χ0) is 13.9. The summed E-state index contributed by atoms with van der Waals surface area (Å²) < 4.78 is 0. The molecule has 1 saturated carbocycles. The topological polar surface area (TPSA) is 56.0 Å². The van der Waals surface area contributed by atoms with Crippen LogP contribution in [0.3, 0.4) is 0 Å². The highest BCUT2D eigenvalue weighted by Crippen LogP contribution is 2.43. The maximum absolute atomic E-state index is 9.48. The molecule has 102 valence electrons. The number of aliphatic hydroxyl groups is 1. The first kappa shape index (κ1) is 14.0. The molecule has 2 rings (SSSR count). The van der Waals surface area contributed by atoms with E-state index in [1.807, 2.05) is 30.3 Å². The number of nitriles is 1. The van der Waals surface area contributed by atoms with Crippen molar-refractivity contribution in [2.24, 2.45) is 5.92 Å². The maximum Gasteiger partial charge on any atom is 0.0852 e. The second-order valence-corrected chi connectivity index (χ2v) is 5.86. The molecule has 0 aliphatic heterocycles. The van der Waals surface area contributed by atoms with Crippen LogP contribution in [0.4, 0.5) is 0 Å². The molecule has 3 heteroatoms. The van der Waals surface area contributed by atoms with E-state index in [4.69, 9.17) is 0 Å². The van der Waals surface area contributed by atoms with Crippen LogP contribution in [0.15, 0.2) is 30.3 Å². The molecule has 1 aromatic carbocycles. The molecule has 0 unspecified atom stereocenters. The molecular formula is C16H22N2O. The van der Waals surface area contributed by atoms with Gasteiger partial charge in [-0.2, -0.15) is 5.26 Å². The number of nitrogens with one attached hydrogen (secondary N) is 1. The summed E-state index contributed by atoms with van der Waals surface area (Å²) in [6, 6.07) is 12.9. The van der Waals surface area contributed by atoms with Gasteiger partial charge in [0.2, 0.25) is 0 Å². The summed E-state index contributed by atoms with van der Waals surface area (Å²) in [6.45, 7) is 4.35. The lowest BCUT2D eigenvalue weighted by molar-refractivity contribution is 0.149. The summed E-state index contributed by atoms with van der Waals surface area (Å²) in [5, 5.41) is 22.3. The molecule has 2 N–H and O–H groups in total. The van der Waals surface area contributed by atoms with Crippen molar-refractivity contribution in [2.75, 3.05) is 6.61 Å². The van der Waals surface area contributed by atoms with Crippen LogP contribution in [0, 0.1) is 17.2 Å². The molecule has 0 amide bonds. The van der Waals surface area contributed by atoms with Gasteiger partial charge in [0.25, 0.3) is 0 Å². The average Bonchev–Trinajstić information content (AvgIpc) is 2.38. The monoisotopic (exact) mass is 258 g/mol. The first-order valence-electron chi connectivity index (χ1n) is 6.95. The Kier molecular flexibility index (Phi) is 4.24. The van der Waals surface area contributed by atoms with Gasteiger partial charge in [-0.25, -0.2) is 0 Å². The van der Waals surface area contributed by atoms with Crippen molar-refractivity contribution < 1.29 is 5.11 Å². The van der Waals surface area contributed by atoms with E-state index in [9.17, 15) is 10.4 Å². The zero-order valence-electron chi connectivity index (χ0n) is 11.6. The summed E-state index contributed by atoms with van der Waals surface area (Å²) >= 11 is 0. The fraction of sp³-hybridized carbons (Fsp3) is 0.562. The largest absolute Gasteiger partial charge is 0.395 e. The predicted molar refractivity (Wildman–Crippen MR) is 75.6 cm³/mol. The number of hydrogen-bond donors (Lipinski definition) is 2. The van der Waals surface area contributed by atoms with Gasteiger partial charge >= 0.3 is 0 Å². The van der Waals surface area contributed by atoms with Gasteiger partial charge < -0.3 is 10.4 Å². The van der Waals surface area contributed by atoms with E-state index in [1.54, 1.807) is 0 Å². The Hall–Kier alpha value is -1.37. The van der Waals surface area contributed by atoms with Crippen LogP contribution < -0.4 is 5.32 Å². The van der Waals surface area contributed by atoms with Gasteiger partial charge in [0.1, 0.15) is 0 Å². The minimum atomic E-state index is -0.337. The quantitative estimate of drug-likeness (QED) is 0.851. The van der Waals surface area contributed by atoms with Gasteiger partial charge in [0.15, 0.2) is 0 Å². The van der Waals surface area contributed by atoms with E-state index in [0.29, 0.717) is 12.0 Å². The summed E-state index contributed by atoms with van der Waals surface area (Å²) in [6.07, 6.45) is 1.66. The van der Waals surface area contributed by atoms with E-state index in [-0.39, 0.29) is 18.1 Å². The van der Waals surface area contributed by atoms with Crippen molar-refractivity contribution in [1.82, 2.24) is 5.32 Å². The van der Waals surface area contributed by atoms with Crippen LogP contribution in [0.25, 0.3) is 0 Å². The number of hydrogen-bond acceptors (Lipinski definition) is 3. The highest BCUT2D eigenvalue weighted by Gasteiger charge is 2.46. The molecule has 1 aromatic rings. The Balaban J connectivity index is 1.99. The van der Waals surface area contributed by atoms with Crippen LogP contribution in [-0.2, 0) is 5.41 Å². The van der Waals surface area contributed by atoms with Crippen LogP contribution in [-0.4, -0.2) is 23.8 Å². The summed E-state index contributed by atoms with van der Waals surface area (Å²) in [7, 11) is 0. The molecule has 0 spiro atoms. The molecular weight excluding hydrogens is 236 g/mol. The van der Waals surface area contributed by atoms with Gasteiger partial charge in [0, 0.05) is 12.1 Å². The molecule has 19 heavy (non-hydrogen) atoms. The zero-order valence-corrected chi connectivity index (χ0v) is 11.6. The molecule has 0 heterocycles. The lowest BCUT2D eigenvalue weighted by atomic mass is 9.62. The van der Waals surface area contributed by atoms with E-state index >= 15 is 0 Å². The third-order valence-corrected chi connectivity index (χ3v) is 4.18. The molecule has 0 saturated heterocycles. The molecule has 0 radical (unpaired) electrons. The van der Waals surface area contributed by atoms with E-state index in [1.165, 1.54) is 0 Å². The summed E-state index contributed by atoms with van der Waals surface area (Å²) in [5.74, 6) is 0.402. The molecule has 1 fully saturated rings. The summed E-state index contributed by atoms with van der Waals surface area (Å²) in [5.41, 5.74) is 0.774. The Morgan fingerprint density at radius 2 is 2.00 bits per heavy atom. The normalized spacial score (nSPS) is 27.6. The number of rotatable bonds is 5. The highest BCUT2D eigenvalue weighted by molar-refractivity contribution is 5.36. The van der Waals surface area contributed by atoms with Crippen molar-refractivity contribution in [1.29, 1.82) is 5.26 Å². The minimum Gasteiger partial charge on any atom is -0.395 e. The van der Waals surface area contributed by atoms with Crippen molar-refractivity contribution in [2.45, 2.75) is 44.2 Å². The lowest BCUT2D eigenvalue weighted by Gasteiger charge is -2.45. The van der Waals surface area contributed by atoms with E-state index in [0.717, 1.165) is 18.4 Å². The van der Waals surface area contributed by atoms with Crippen molar-refractivity contribution in [3.63, 3.8) is 0 Å². The second kappa shape index (κ2) is 5.73. The van der Waals surface area contributed by atoms with Gasteiger partial charge in [-0.05, 0) is 24.3 Å². The van der Waals surface area contributed by atoms with Crippen molar-refractivity contribution >= 4 is 0 Å². The predicted octanol–water partition coefficient (Wildman–Crippen LogP) is 2.22. The van der Waals surface area contributed by atoms with Crippen LogP contribution in [0.1, 0.15) is 32.3 Å².